The highest BCUT2D eigenvalue weighted by atomic mass is 32.2. The summed E-state index contributed by atoms with van der Waals surface area (Å²) in [6.45, 7) is 3.22. The fraction of sp³-hybridized carbons (Fsp3) is 0.207. The molecule has 39 heavy (non-hydrogen) atoms. The first kappa shape index (κ1) is 26.7. The van der Waals surface area contributed by atoms with Gasteiger partial charge in [-0.1, -0.05) is 42.1 Å². The summed E-state index contributed by atoms with van der Waals surface area (Å²) in [6.07, 6.45) is 0. The molecular weight excluding hydrogens is 530 g/mol. The Morgan fingerprint density at radius 3 is 2.67 bits per heavy atom. The molecule has 0 aliphatic carbocycles. The molecule has 0 atom stereocenters. The van der Waals surface area contributed by atoms with Gasteiger partial charge in [0.2, 0.25) is 0 Å². The summed E-state index contributed by atoms with van der Waals surface area (Å²) >= 11 is 2.87. The average Bonchev–Trinajstić information content (AvgIpc) is 3.44. The first-order valence-electron chi connectivity index (χ1n) is 12.5. The molecule has 8 nitrogen and oxygen atoms in total. The van der Waals surface area contributed by atoms with Gasteiger partial charge in [-0.2, -0.15) is 5.26 Å². The number of carbonyl (C=O) groups excluding carboxylic acids is 1. The standard InChI is InChI=1S/C29H27N5O3S2/c1-3-31-22-11-9-20(17-30)15-23(22)32-29-34(18-19-7-5-4-6-8-19)27(36)26(39-29)28-33(2)24-16-21(37-14-13-35)10-12-25(24)38-28/h4-12,15-16,31,35H,3,13-14,18H2,1-2H3/b28-26-,32-29+. The van der Waals surface area contributed by atoms with E-state index in [1.807, 2.05) is 73.5 Å². The van der Waals surface area contributed by atoms with Gasteiger partial charge >= 0.3 is 0 Å². The molecule has 3 aromatic rings. The lowest BCUT2D eigenvalue weighted by Crippen LogP contribution is -2.29. The van der Waals surface area contributed by atoms with Crippen molar-refractivity contribution in [1.29, 1.82) is 5.26 Å². The van der Waals surface area contributed by atoms with Crippen molar-refractivity contribution in [1.82, 2.24) is 4.90 Å². The zero-order valence-corrected chi connectivity index (χ0v) is 23.2. The fourth-order valence-corrected chi connectivity index (χ4v) is 6.56. The van der Waals surface area contributed by atoms with Gasteiger partial charge in [-0.05, 0) is 54.6 Å². The van der Waals surface area contributed by atoms with E-state index in [2.05, 4.69) is 11.4 Å². The molecule has 0 bridgehead atoms. The van der Waals surface area contributed by atoms with Crippen molar-refractivity contribution in [2.45, 2.75) is 18.4 Å². The number of benzene rings is 3. The summed E-state index contributed by atoms with van der Waals surface area (Å²) in [7, 11) is 1.93. The Morgan fingerprint density at radius 2 is 1.92 bits per heavy atom. The van der Waals surface area contributed by atoms with Crippen LogP contribution in [0.15, 0.2) is 86.6 Å². The van der Waals surface area contributed by atoms with Crippen molar-refractivity contribution in [3.8, 4) is 11.8 Å². The first-order chi connectivity index (χ1) is 19.0. The number of hydrogen-bond donors (Lipinski definition) is 2. The molecule has 2 aliphatic rings. The number of aliphatic hydroxyl groups is 1. The second kappa shape index (κ2) is 11.9. The molecule has 2 aliphatic heterocycles. The molecule has 1 fully saturated rings. The van der Waals surface area contributed by atoms with Crippen LogP contribution in [0.5, 0.6) is 5.75 Å². The molecule has 0 aromatic heterocycles. The quantitative estimate of drug-likeness (QED) is 0.349. The van der Waals surface area contributed by atoms with E-state index in [1.165, 1.54) is 23.5 Å². The maximum Gasteiger partial charge on any atom is 0.269 e. The number of thioether (sulfide) groups is 2. The predicted molar refractivity (Wildman–Crippen MR) is 157 cm³/mol. The number of fused-ring (bicyclic) bond motifs is 1. The highest BCUT2D eigenvalue weighted by molar-refractivity contribution is 8.19. The lowest BCUT2D eigenvalue weighted by atomic mass is 10.2. The Labute approximate surface area is 236 Å². The van der Waals surface area contributed by atoms with Crippen molar-refractivity contribution in [2.75, 3.05) is 37.0 Å². The molecule has 1 amide bonds. The minimum Gasteiger partial charge on any atom is -0.491 e. The second-order valence-corrected chi connectivity index (χ2v) is 10.8. The molecule has 10 heteroatoms. The molecular formula is C29H27N5O3S2. The number of amides is 1. The van der Waals surface area contributed by atoms with Crippen molar-refractivity contribution in [2.24, 2.45) is 4.99 Å². The largest absolute Gasteiger partial charge is 0.491 e. The monoisotopic (exact) mass is 557 g/mol. The van der Waals surface area contributed by atoms with Crippen molar-refractivity contribution in [3.05, 3.63) is 87.8 Å². The van der Waals surface area contributed by atoms with Crippen LogP contribution in [-0.4, -0.2) is 47.9 Å². The number of rotatable bonds is 8. The lowest BCUT2D eigenvalue weighted by Gasteiger charge is -2.17. The van der Waals surface area contributed by atoms with Crippen molar-refractivity contribution in [3.63, 3.8) is 0 Å². The molecule has 0 saturated carbocycles. The predicted octanol–water partition coefficient (Wildman–Crippen LogP) is 5.54. The highest BCUT2D eigenvalue weighted by Gasteiger charge is 2.39. The van der Waals surface area contributed by atoms with Gasteiger partial charge in [0.15, 0.2) is 5.17 Å². The smallest absolute Gasteiger partial charge is 0.269 e. The number of amidine groups is 1. The minimum atomic E-state index is -0.122. The Hall–Kier alpha value is -3.91. The summed E-state index contributed by atoms with van der Waals surface area (Å²) in [6, 6.07) is 23.1. The summed E-state index contributed by atoms with van der Waals surface area (Å²) in [5, 5.41) is 23.3. The number of anilines is 2. The van der Waals surface area contributed by atoms with E-state index in [0.717, 1.165) is 26.9 Å². The van der Waals surface area contributed by atoms with Crippen LogP contribution in [0.4, 0.5) is 17.1 Å². The van der Waals surface area contributed by atoms with Gasteiger partial charge in [0.1, 0.15) is 17.3 Å². The topological polar surface area (TPSA) is 101 Å². The van der Waals surface area contributed by atoms with Crippen LogP contribution in [0.2, 0.25) is 0 Å². The van der Waals surface area contributed by atoms with Crippen molar-refractivity contribution < 1.29 is 14.6 Å². The molecule has 1 saturated heterocycles. The van der Waals surface area contributed by atoms with E-state index in [0.29, 0.717) is 40.2 Å². The van der Waals surface area contributed by atoms with Crippen LogP contribution >= 0.6 is 23.5 Å². The SMILES string of the molecule is CCNc1ccc(C#N)cc1/N=C1/S/C(=C2\Sc3ccc(OCCO)cc3N2C)C(=O)N1Cc1ccccc1. The molecule has 0 unspecified atom stereocenters. The Morgan fingerprint density at radius 1 is 1.10 bits per heavy atom. The number of nitriles is 1. The maximum absolute atomic E-state index is 13.9. The van der Waals surface area contributed by atoms with Crippen LogP contribution in [0.3, 0.4) is 0 Å². The zero-order valence-electron chi connectivity index (χ0n) is 21.5. The van der Waals surface area contributed by atoms with E-state index < -0.39 is 0 Å². The van der Waals surface area contributed by atoms with Crippen LogP contribution in [-0.2, 0) is 11.3 Å². The Bertz CT molecular complexity index is 1500. The summed E-state index contributed by atoms with van der Waals surface area (Å²) in [5.41, 5.74) is 3.83. The third-order valence-corrected chi connectivity index (χ3v) is 8.55. The summed E-state index contributed by atoms with van der Waals surface area (Å²) in [5.74, 6) is 0.538. The van der Waals surface area contributed by atoms with Gasteiger partial charge in [0.05, 0.1) is 46.9 Å². The van der Waals surface area contributed by atoms with Crippen molar-refractivity contribution >= 4 is 51.7 Å². The number of aliphatic imine (C=N–C) groups is 1. The minimum absolute atomic E-state index is 0.0613. The number of ether oxygens (including phenoxy) is 1. The van der Waals surface area contributed by atoms with E-state index in [1.54, 1.807) is 17.0 Å². The van der Waals surface area contributed by atoms with E-state index in [-0.39, 0.29) is 19.1 Å². The second-order valence-electron chi connectivity index (χ2n) is 8.74. The van der Waals surface area contributed by atoms with Gasteiger partial charge in [0.25, 0.3) is 5.91 Å². The van der Waals surface area contributed by atoms with Crippen LogP contribution in [0.1, 0.15) is 18.1 Å². The van der Waals surface area contributed by atoms with E-state index >= 15 is 0 Å². The highest BCUT2D eigenvalue weighted by Crippen LogP contribution is 2.51. The number of nitrogens with zero attached hydrogens (tertiary/aromatic N) is 4. The third-order valence-electron chi connectivity index (χ3n) is 6.11. The van der Waals surface area contributed by atoms with E-state index in [4.69, 9.17) is 14.8 Å². The lowest BCUT2D eigenvalue weighted by molar-refractivity contribution is -0.122. The number of aliphatic hydroxyl groups excluding tert-OH is 1. The molecule has 3 aromatic carbocycles. The van der Waals surface area contributed by atoms with Crippen LogP contribution in [0.25, 0.3) is 0 Å². The first-order valence-corrected chi connectivity index (χ1v) is 14.1. The number of hydrogen-bond acceptors (Lipinski definition) is 9. The molecule has 2 N–H and O–H groups in total. The van der Waals surface area contributed by atoms with Crippen LogP contribution in [0, 0.1) is 11.3 Å². The Kier molecular flexibility index (Phi) is 8.12. The van der Waals surface area contributed by atoms with Gasteiger partial charge in [-0.25, -0.2) is 4.99 Å². The third kappa shape index (κ3) is 5.61. The van der Waals surface area contributed by atoms with Gasteiger partial charge in [0, 0.05) is 24.6 Å². The van der Waals surface area contributed by atoms with Gasteiger partial charge in [-0.3, -0.25) is 9.69 Å². The van der Waals surface area contributed by atoms with Gasteiger partial charge in [-0.15, -0.1) is 0 Å². The zero-order chi connectivity index (χ0) is 27.4. The molecule has 0 spiro atoms. The summed E-state index contributed by atoms with van der Waals surface area (Å²) in [4.78, 5) is 24.2. The molecule has 2 heterocycles. The Balaban J connectivity index is 1.55. The van der Waals surface area contributed by atoms with E-state index in [9.17, 15) is 10.1 Å². The maximum atomic E-state index is 13.9. The number of nitrogens with one attached hydrogen (secondary N) is 1. The normalized spacial score (nSPS) is 17.5. The molecule has 0 radical (unpaired) electrons. The number of carbonyl (C=O) groups is 1. The summed E-state index contributed by atoms with van der Waals surface area (Å²) < 4.78 is 5.60. The fourth-order valence-electron chi connectivity index (χ4n) is 4.24. The average molecular weight is 558 g/mol. The molecule has 198 valence electrons. The molecule has 5 rings (SSSR count). The van der Waals surface area contributed by atoms with Gasteiger partial charge < -0.3 is 20.1 Å². The van der Waals surface area contributed by atoms with Crippen LogP contribution < -0.4 is 15.0 Å².